The number of anilines is 1. The molecular weight excluding hydrogens is 442 g/mol. The summed E-state index contributed by atoms with van der Waals surface area (Å²) in [6, 6.07) is 18.5. The molecule has 1 aliphatic carbocycles. The molecule has 4 rings (SSSR count). The predicted octanol–water partition coefficient (Wildman–Crippen LogP) is 4.11. The third-order valence-electron chi connectivity index (χ3n) is 7.09. The number of imide groups is 1. The molecule has 2 aliphatic rings. The van der Waals surface area contributed by atoms with Crippen LogP contribution in [0.15, 0.2) is 60.7 Å². The van der Waals surface area contributed by atoms with Gasteiger partial charge in [0.1, 0.15) is 5.54 Å². The van der Waals surface area contributed by atoms with E-state index in [1.165, 1.54) is 0 Å². The van der Waals surface area contributed by atoms with Crippen LogP contribution in [-0.2, 0) is 20.8 Å². The lowest BCUT2D eigenvalue weighted by Crippen LogP contribution is -2.48. The Balaban J connectivity index is 1.50. The maximum atomic E-state index is 13.6. The highest BCUT2D eigenvalue weighted by atomic mass is 16.2. The van der Waals surface area contributed by atoms with Gasteiger partial charge in [-0.05, 0) is 43.9 Å². The van der Waals surface area contributed by atoms with Crippen molar-refractivity contribution in [2.75, 3.05) is 18.0 Å². The number of Topliss-reactive ketones (excluding diaryl/α,β-unsaturated/α-hetero) is 1. The van der Waals surface area contributed by atoms with Gasteiger partial charge < -0.3 is 10.2 Å². The molecule has 7 nitrogen and oxygen atoms in total. The lowest BCUT2D eigenvalue weighted by molar-refractivity contribution is -0.136. The number of rotatable bonds is 9. The Morgan fingerprint density at radius 1 is 0.971 bits per heavy atom. The van der Waals surface area contributed by atoms with E-state index in [4.69, 9.17) is 0 Å². The van der Waals surface area contributed by atoms with E-state index in [-0.39, 0.29) is 30.6 Å². The average molecular weight is 476 g/mol. The van der Waals surface area contributed by atoms with Crippen LogP contribution in [0.25, 0.3) is 0 Å². The van der Waals surface area contributed by atoms with Gasteiger partial charge in [0.2, 0.25) is 5.91 Å². The van der Waals surface area contributed by atoms with Crippen LogP contribution >= 0.6 is 0 Å². The third-order valence-corrected chi connectivity index (χ3v) is 7.09. The van der Waals surface area contributed by atoms with Gasteiger partial charge in [0, 0.05) is 24.6 Å². The first-order valence-corrected chi connectivity index (χ1v) is 12.5. The summed E-state index contributed by atoms with van der Waals surface area (Å²) in [7, 11) is 0. The first-order chi connectivity index (χ1) is 16.9. The second-order valence-electron chi connectivity index (χ2n) is 9.51. The van der Waals surface area contributed by atoms with Crippen molar-refractivity contribution in [1.29, 1.82) is 0 Å². The van der Waals surface area contributed by atoms with E-state index in [2.05, 4.69) is 5.32 Å². The number of hydrogen-bond donors (Lipinski definition) is 1. The molecule has 184 valence electrons. The van der Waals surface area contributed by atoms with Gasteiger partial charge in [-0.1, -0.05) is 67.8 Å². The third kappa shape index (κ3) is 5.45. The second kappa shape index (κ2) is 10.8. The molecular formula is C28H33N3O4. The number of urea groups is 1. The van der Waals surface area contributed by atoms with Crippen LogP contribution in [0.1, 0.15) is 51.0 Å². The van der Waals surface area contributed by atoms with Crippen molar-refractivity contribution in [2.45, 2.75) is 57.4 Å². The molecule has 1 heterocycles. The van der Waals surface area contributed by atoms with Gasteiger partial charge in [-0.2, -0.15) is 0 Å². The van der Waals surface area contributed by atoms with Crippen LogP contribution < -0.4 is 10.2 Å². The fourth-order valence-electron chi connectivity index (χ4n) is 5.27. The summed E-state index contributed by atoms with van der Waals surface area (Å²) in [5, 5.41) is 2.85. The molecule has 35 heavy (non-hydrogen) atoms. The van der Waals surface area contributed by atoms with Crippen molar-refractivity contribution in [3.05, 3.63) is 66.2 Å². The zero-order valence-corrected chi connectivity index (χ0v) is 20.2. The smallest absolute Gasteiger partial charge is 0.323 e. The van der Waals surface area contributed by atoms with Gasteiger partial charge in [0.15, 0.2) is 5.78 Å². The van der Waals surface area contributed by atoms with E-state index in [1.54, 1.807) is 4.90 Å². The molecule has 0 bridgehead atoms. The topological polar surface area (TPSA) is 86.8 Å². The number of benzene rings is 2. The van der Waals surface area contributed by atoms with Crippen molar-refractivity contribution in [3.63, 3.8) is 0 Å². The predicted molar refractivity (Wildman–Crippen MR) is 134 cm³/mol. The van der Waals surface area contributed by atoms with E-state index in [0.29, 0.717) is 25.8 Å². The summed E-state index contributed by atoms with van der Waals surface area (Å²) >= 11 is 0. The van der Waals surface area contributed by atoms with E-state index < -0.39 is 17.5 Å². The Hall–Kier alpha value is -3.48. The van der Waals surface area contributed by atoms with Crippen molar-refractivity contribution >= 4 is 29.3 Å². The molecule has 7 heteroatoms. The van der Waals surface area contributed by atoms with E-state index >= 15 is 0 Å². The summed E-state index contributed by atoms with van der Waals surface area (Å²) in [5.74, 6) is -1.34. The highest BCUT2D eigenvalue weighted by Gasteiger charge is 2.51. The highest BCUT2D eigenvalue weighted by Crippen LogP contribution is 2.33. The molecule has 2 aromatic rings. The van der Waals surface area contributed by atoms with Gasteiger partial charge in [-0.25, -0.2) is 4.79 Å². The monoisotopic (exact) mass is 475 g/mol. The molecule has 1 saturated heterocycles. The first kappa shape index (κ1) is 24.6. The van der Waals surface area contributed by atoms with Gasteiger partial charge in [-0.15, -0.1) is 0 Å². The van der Waals surface area contributed by atoms with Crippen LogP contribution in [0.4, 0.5) is 10.5 Å². The van der Waals surface area contributed by atoms with Crippen LogP contribution in [0.2, 0.25) is 0 Å². The minimum atomic E-state index is -0.860. The maximum absolute atomic E-state index is 13.6. The fourth-order valence-corrected chi connectivity index (χ4v) is 5.27. The Morgan fingerprint density at radius 2 is 1.60 bits per heavy atom. The van der Waals surface area contributed by atoms with Crippen LogP contribution in [0.3, 0.4) is 0 Å². The molecule has 1 aliphatic heterocycles. The molecule has 1 saturated carbocycles. The largest absolute Gasteiger partial charge is 0.325 e. The highest BCUT2D eigenvalue weighted by molar-refractivity contribution is 6.09. The molecule has 2 aromatic carbocycles. The van der Waals surface area contributed by atoms with Gasteiger partial charge >= 0.3 is 6.03 Å². The average Bonchev–Trinajstić information content (AvgIpc) is 3.09. The number of para-hydroxylation sites is 1. The fraction of sp³-hybridized carbons (Fsp3) is 0.429. The summed E-state index contributed by atoms with van der Waals surface area (Å²) < 4.78 is 0. The number of hydrogen-bond acceptors (Lipinski definition) is 4. The maximum Gasteiger partial charge on any atom is 0.325 e. The Morgan fingerprint density at radius 3 is 2.23 bits per heavy atom. The van der Waals surface area contributed by atoms with Gasteiger partial charge in [-0.3, -0.25) is 19.3 Å². The minimum absolute atomic E-state index is 0.0406. The van der Waals surface area contributed by atoms with Gasteiger partial charge in [0.05, 0.1) is 6.54 Å². The molecule has 0 unspecified atom stereocenters. The van der Waals surface area contributed by atoms with Crippen LogP contribution in [-0.4, -0.2) is 47.2 Å². The van der Waals surface area contributed by atoms with E-state index in [1.807, 2.05) is 67.6 Å². The molecule has 1 N–H and O–H groups in total. The van der Waals surface area contributed by atoms with E-state index in [9.17, 15) is 19.2 Å². The van der Waals surface area contributed by atoms with Crippen molar-refractivity contribution in [3.8, 4) is 0 Å². The summed E-state index contributed by atoms with van der Waals surface area (Å²) in [5.41, 5.74) is 0.874. The van der Waals surface area contributed by atoms with Crippen LogP contribution in [0, 0.1) is 5.92 Å². The van der Waals surface area contributed by atoms with Gasteiger partial charge in [0.25, 0.3) is 5.91 Å². The summed E-state index contributed by atoms with van der Waals surface area (Å²) in [6.07, 6.45) is 4.39. The van der Waals surface area contributed by atoms with E-state index in [0.717, 1.165) is 35.4 Å². The summed E-state index contributed by atoms with van der Waals surface area (Å²) in [6.45, 7) is 2.07. The van der Waals surface area contributed by atoms with Crippen molar-refractivity contribution in [2.24, 2.45) is 5.92 Å². The Bertz CT molecular complexity index is 1060. The summed E-state index contributed by atoms with van der Waals surface area (Å²) in [4.78, 5) is 55.2. The number of carbonyl (C=O) groups excluding carboxylic acids is 4. The number of amides is 4. The Kier molecular flexibility index (Phi) is 7.63. The number of ketones is 1. The molecule has 0 aromatic heterocycles. The number of carbonyl (C=O) groups is 4. The molecule has 4 amide bonds. The van der Waals surface area contributed by atoms with Crippen LogP contribution in [0.5, 0.6) is 0 Å². The Labute approximate surface area is 206 Å². The zero-order chi connectivity index (χ0) is 24.8. The lowest BCUT2D eigenvalue weighted by atomic mass is 9.81. The molecule has 1 spiro atoms. The SMILES string of the molecule is CCN(C(=O)[C@@H](CC(=O)CN1C(=O)NC2(CCCCC2)C1=O)Cc1ccccc1)c1ccccc1. The molecule has 0 radical (unpaired) electrons. The second-order valence-corrected chi connectivity index (χ2v) is 9.51. The standard InChI is InChI=1S/C28H33N3O4/c1-2-30(23-14-8-4-9-15-23)25(33)22(18-21-12-6-3-7-13-21)19-24(32)20-31-26(34)28(29-27(31)35)16-10-5-11-17-28/h3-4,6-9,12-15,22H,2,5,10-11,16-20H2,1H3,(H,29,35)/t22-/m1/s1. The zero-order valence-electron chi connectivity index (χ0n) is 20.2. The normalized spacial score (nSPS) is 17.8. The minimum Gasteiger partial charge on any atom is -0.323 e. The van der Waals surface area contributed by atoms with Crippen molar-refractivity contribution in [1.82, 2.24) is 10.2 Å². The lowest BCUT2D eigenvalue weighted by Gasteiger charge is -2.30. The molecule has 1 atom stereocenters. The van der Waals surface area contributed by atoms with Crippen molar-refractivity contribution < 1.29 is 19.2 Å². The first-order valence-electron chi connectivity index (χ1n) is 12.5. The molecule has 2 fully saturated rings. The number of nitrogens with one attached hydrogen (secondary N) is 1. The quantitative estimate of drug-likeness (QED) is 0.553. The number of nitrogens with zero attached hydrogens (tertiary/aromatic N) is 2.